The van der Waals surface area contributed by atoms with Crippen LogP contribution in [0.5, 0.6) is 0 Å². The summed E-state index contributed by atoms with van der Waals surface area (Å²) in [5, 5.41) is 15.3. The normalized spacial score (nSPS) is 12.4. The first kappa shape index (κ1) is 21.3. The lowest BCUT2D eigenvalue weighted by molar-refractivity contribution is -0.0584. The summed E-state index contributed by atoms with van der Waals surface area (Å²) >= 11 is 0. The molecule has 9 heteroatoms. The molecule has 0 aliphatic carbocycles. The SMILES string of the molecule is C[C@@H](NC(=O)c1ccc(=O)n(-c2ccccc2)n1)c1cccc(C(F)(F)CO)c1F. The van der Waals surface area contributed by atoms with Crippen molar-refractivity contribution in [2.45, 2.75) is 18.9 Å². The molecule has 3 aromatic rings. The maximum Gasteiger partial charge on any atom is 0.298 e. The lowest BCUT2D eigenvalue weighted by atomic mass is 10.0. The van der Waals surface area contributed by atoms with E-state index in [4.69, 9.17) is 5.11 Å². The van der Waals surface area contributed by atoms with Crippen LogP contribution in [0.15, 0.2) is 65.5 Å². The molecule has 0 fully saturated rings. The monoisotopic (exact) mass is 417 g/mol. The van der Waals surface area contributed by atoms with E-state index >= 15 is 0 Å². The number of aliphatic hydroxyl groups excluding tert-OH is 1. The van der Waals surface area contributed by atoms with E-state index in [0.29, 0.717) is 5.69 Å². The van der Waals surface area contributed by atoms with Crippen LogP contribution in [0.3, 0.4) is 0 Å². The Kier molecular flexibility index (Phi) is 6.02. The Balaban J connectivity index is 1.87. The van der Waals surface area contributed by atoms with Gasteiger partial charge in [-0.05, 0) is 31.2 Å². The van der Waals surface area contributed by atoms with Gasteiger partial charge in [0.05, 0.1) is 17.3 Å². The van der Waals surface area contributed by atoms with Crippen LogP contribution in [0.1, 0.15) is 34.6 Å². The number of hydrogen-bond acceptors (Lipinski definition) is 4. The van der Waals surface area contributed by atoms with E-state index < -0.39 is 41.4 Å². The van der Waals surface area contributed by atoms with Crippen LogP contribution < -0.4 is 10.9 Å². The van der Waals surface area contributed by atoms with Gasteiger partial charge in [0, 0.05) is 11.6 Å². The summed E-state index contributed by atoms with van der Waals surface area (Å²) in [4.78, 5) is 24.6. The molecule has 0 spiro atoms. The van der Waals surface area contributed by atoms with Crippen LogP contribution in [-0.2, 0) is 5.92 Å². The molecule has 0 unspecified atom stereocenters. The number of hydrogen-bond donors (Lipinski definition) is 2. The molecule has 30 heavy (non-hydrogen) atoms. The fourth-order valence-electron chi connectivity index (χ4n) is 2.89. The Labute approximate surface area is 169 Å². The number of benzene rings is 2. The Bertz CT molecular complexity index is 1120. The zero-order valence-electron chi connectivity index (χ0n) is 15.8. The highest BCUT2D eigenvalue weighted by Gasteiger charge is 2.35. The first-order valence-electron chi connectivity index (χ1n) is 8.99. The standard InChI is InChI=1S/C21H18F3N3O3/c1-13(15-8-5-9-16(19(15)22)21(23,24)12-28)25-20(30)17-10-11-18(29)27(26-17)14-6-3-2-4-7-14/h2-11,13,28H,12H2,1H3,(H,25,30)/t13-/m1/s1. The molecule has 1 amide bonds. The molecule has 0 radical (unpaired) electrons. The van der Waals surface area contributed by atoms with Gasteiger partial charge in [-0.3, -0.25) is 9.59 Å². The molecule has 0 bridgehead atoms. The number of carbonyl (C=O) groups excluding carboxylic acids is 1. The van der Waals surface area contributed by atoms with E-state index in [9.17, 15) is 22.8 Å². The first-order chi connectivity index (χ1) is 14.2. The Hall–Kier alpha value is -3.46. The van der Waals surface area contributed by atoms with Gasteiger partial charge in [0.15, 0.2) is 0 Å². The maximum atomic E-state index is 14.6. The summed E-state index contributed by atoms with van der Waals surface area (Å²) < 4.78 is 43.1. The molecule has 3 rings (SSSR count). The molecule has 2 N–H and O–H groups in total. The van der Waals surface area contributed by atoms with Crippen molar-refractivity contribution < 1.29 is 23.1 Å². The highest BCUT2D eigenvalue weighted by molar-refractivity contribution is 5.92. The minimum Gasteiger partial charge on any atom is -0.390 e. The smallest absolute Gasteiger partial charge is 0.298 e. The quantitative estimate of drug-likeness (QED) is 0.646. The van der Waals surface area contributed by atoms with Crippen LogP contribution in [0, 0.1) is 5.82 Å². The molecule has 6 nitrogen and oxygen atoms in total. The van der Waals surface area contributed by atoms with Gasteiger partial charge in [0.1, 0.15) is 18.1 Å². The fourth-order valence-corrected chi connectivity index (χ4v) is 2.89. The molecular weight excluding hydrogens is 399 g/mol. The van der Waals surface area contributed by atoms with E-state index in [1.54, 1.807) is 30.3 Å². The highest BCUT2D eigenvalue weighted by atomic mass is 19.3. The number of rotatable bonds is 6. The van der Waals surface area contributed by atoms with Crippen molar-refractivity contribution >= 4 is 5.91 Å². The van der Waals surface area contributed by atoms with Crippen LogP contribution in [-0.4, -0.2) is 27.4 Å². The van der Waals surface area contributed by atoms with Gasteiger partial charge < -0.3 is 10.4 Å². The largest absolute Gasteiger partial charge is 0.390 e. The van der Waals surface area contributed by atoms with E-state index in [2.05, 4.69) is 10.4 Å². The average Bonchev–Trinajstić information content (AvgIpc) is 2.74. The molecule has 1 aromatic heterocycles. The highest BCUT2D eigenvalue weighted by Crippen LogP contribution is 2.32. The maximum absolute atomic E-state index is 14.6. The van der Waals surface area contributed by atoms with Gasteiger partial charge in [-0.1, -0.05) is 30.3 Å². The number of alkyl halides is 2. The van der Waals surface area contributed by atoms with E-state index in [0.717, 1.165) is 10.7 Å². The molecule has 1 atom stereocenters. The Morgan fingerprint density at radius 2 is 1.83 bits per heavy atom. The Morgan fingerprint density at radius 1 is 1.13 bits per heavy atom. The molecule has 0 aliphatic rings. The zero-order valence-corrected chi connectivity index (χ0v) is 15.8. The minimum absolute atomic E-state index is 0.109. The molecule has 2 aromatic carbocycles. The van der Waals surface area contributed by atoms with Gasteiger partial charge in [-0.25, -0.2) is 4.39 Å². The second-order valence-corrected chi connectivity index (χ2v) is 6.57. The van der Waals surface area contributed by atoms with Crippen molar-refractivity contribution in [1.82, 2.24) is 15.1 Å². The van der Waals surface area contributed by atoms with Crippen LogP contribution in [0.2, 0.25) is 0 Å². The van der Waals surface area contributed by atoms with Crippen molar-refractivity contribution in [2.75, 3.05) is 6.61 Å². The zero-order chi connectivity index (χ0) is 21.9. The van der Waals surface area contributed by atoms with Gasteiger partial charge >= 0.3 is 0 Å². The lowest BCUT2D eigenvalue weighted by Crippen LogP contribution is -2.31. The molecule has 1 heterocycles. The van der Waals surface area contributed by atoms with Crippen LogP contribution in [0.4, 0.5) is 13.2 Å². The number of carbonyl (C=O) groups is 1. The van der Waals surface area contributed by atoms with Crippen molar-refractivity contribution in [1.29, 1.82) is 0 Å². The van der Waals surface area contributed by atoms with E-state index in [-0.39, 0.29) is 11.3 Å². The fraction of sp³-hybridized carbons (Fsp3) is 0.190. The second-order valence-electron chi connectivity index (χ2n) is 6.57. The third-order valence-electron chi connectivity index (χ3n) is 4.47. The molecule has 0 saturated carbocycles. The molecular formula is C21H18F3N3O3. The first-order valence-corrected chi connectivity index (χ1v) is 8.99. The predicted octanol–water partition coefficient (Wildman–Crippen LogP) is 2.95. The number of aliphatic hydroxyl groups is 1. The van der Waals surface area contributed by atoms with Crippen molar-refractivity contribution in [3.8, 4) is 5.69 Å². The van der Waals surface area contributed by atoms with Gasteiger partial charge in [0.25, 0.3) is 17.4 Å². The van der Waals surface area contributed by atoms with Crippen molar-refractivity contribution in [3.63, 3.8) is 0 Å². The summed E-state index contributed by atoms with van der Waals surface area (Å²) in [6.45, 7) is -0.122. The molecule has 0 aliphatic heterocycles. The number of aromatic nitrogens is 2. The summed E-state index contributed by atoms with van der Waals surface area (Å²) in [6.07, 6.45) is 0. The molecule has 156 valence electrons. The number of amides is 1. The number of para-hydroxylation sites is 1. The van der Waals surface area contributed by atoms with Crippen LogP contribution >= 0.6 is 0 Å². The Morgan fingerprint density at radius 3 is 2.50 bits per heavy atom. The second kappa shape index (κ2) is 8.50. The van der Waals surface area contributed by atoms with E-state index in [1.165, 1.54) is 31.2 Å². The number of nitrogens with one attached hydrogen (secondary N) is 1. The van der Waals surface area contributed by atoms with Gasteiger partial charge in [-0.15, -0.1) is 0 Å². The minimum atomic E-state index is -3.75. The number of halogens is 3. The summed E-state index contributed by atoms with van der Waals surface area (Å²) in [5.74, 6) is -5.69. The summed E-state index contributed by atoms with van der Waals surface area (Å²) in [7, 11) is 0. The third-order valence-corrected chi connectivity index (χ3v) is 4.47. The summed E-state index contributed by atoms with van der Waals surface area (Å²) in [6, 6.07) is 13.2. The number of nitrogens with zero attached hydrogens (tertiary/aromatic N) is 2. The lowest BCUT2D eigenvalue weighted by Gasteiger charge is -2.20. The predicted molar refractivity (Wildman–Crippen MR) is 103 cm³/mol. The van der Waals surface area contributed by atoms with Crippen LogP contribution in [0.25, 0.3) is 5.69 Å². The third kappa shape index (κ3) is 4.25. The van der Waals surface area contributed by atoms with Crippen molar-refractivity contribution in [2.24, 2.45) is 0 Å². The van der Waals surface area contributed by atoms with Crippen molar-refractivity contribution in [3.05, 3.63) is 93.7 Å². The van der Waals surface area contributed by atoms with Gasteiger partial charge in [-0.2, -0.15) is 18.6 Å². The van der Waals surface area contributed by atoms with E-state index in [1.807, 2.05) is 0 Å². The topological polar surface area (TPSA) is 84.2 Å². The molecule has 0 saturated heterocycles. The van der Waals surface area contributed by atoms with Gasteiger partial charge in [0.2, 0.25) is 0 Å². The summed E-state index contributed by atoms with van der Waals surface area (Å²) in [5.41, 5.74) is -1.24. The average molecular weight is 417 g/mol.